The number of rotatable bonds is 9. The molecule has 0 radical (unpaired) electrons. The van der Waals surface area contributed by atoms with E-state index >= 15 is 0 Å². The van der Waals surface area contributed by atoms with Crippen LogP contribution in [-0.4, -0.2) is 48.8 Å². The molecule has 3 rings (SSSR count). The highest BCUT2D eigenvalue weighted by molar-refractivity contribution is 5.79. The normalized spacial score (nSPS) is 26.4. The molecule has 0 aromatic heterocycles. The molecule has 1 aliphatic carbocycles. The van der Waals surface area contributed by atoms with Crippen molar-refractivity contribution in [2.45, 2.75) is 77.9 Å². The molecule has 0 aromatic rings. The van der Waals surface area contributed by atoms with Crippen LogP contribution in [0.1, 0.15) is 66.2 Å². The smallest absolute Gasteiger partial charge is 0.311 e. The number of hydrogen-bond donors (Lipinski definition) is 0. The molecule has 3 aliphatic rings. The van der Waals surface area contributed by atoms with Crippen LogP contribution >= 0.6 is 0 Å². The molecule has 3 unspecified atom stereocenters. The summed E-state index contributed by atoms with van der Waals surface area (Å²) in [4.78, 5) is 47.3. The monoisotopic (exact) mass is 398 g/mol. The molecule has 1 saturated carbocycles. The van der Waals surface area contributed by atoms with Gasteiger partial charge in [0.1, 0.15) is 24.9 Å². The summed E-state index contributed by atoms with van der Waals surface area (Å²) in [6.07, 6.45) is 1.80. The highest BCUT2D eigenvalue weighted by atomic mass is 16.6. The Morgan fingerprint density at radius 3 is 2.39 bits per heavy atom. The lowest BCUT2D eigenvalue weighted by atomic mass is 9.74. The third-order valence-corrected chi connectivity index (χ3v) is 5.66. The van der Waals surface area contributed by atoms with Crippen molar-refractivity contribution >= 4 is 23.9 Å². The Balaban J connectivity index is 1.63. The highest BCUT2D eigenvalue weighted by Crippen LogP contribution is 2.43. The van der Waals surface area contributed by atoms with E-state index < -0.39 is 29.1 Å². The molecule has 8 heteroatoms. The van der Waals surface area contributed by atoms with Gasteiger partial charge in [0.25, 0.3) is 0 Å². The quantitative estimate of drug-likeness (QED) is 0.331. The molecule has 8 nitrogen and oxygen atoms in total. The van der Waals surface area contributed by atoms with Gasteiger partial charge in [0.15, 0.2) is 0 Å². The van der Waals surface area contributed by atoms with E-state index in [-0.39, 0.29) is 43.9 Å². The van der Waals surface area contributed by atoms with Crippen molar-refractivity contribution in [3.63, 3.8) is 0 Å². The summed E-state index contributed by atoms with van der Waals surface area (Å²) in [5, 5.41) is 0. The summed E-state index contributed by atoms with van der Waals surface area (Å²) in [6, 6.07) is 0. The predicted octanol–water partition coefficient (Wildman–Crippen LogP) is 2.32. The Morgan fingerprint density at radius 2 is 1.79 bits per heavy atom. The van der Waals surface area contributed by atoms with Crippen molar-refractivity contribution in [1.82, 2.24) is 0 Å². The van der Waals surface area contributed by atoms with Crippen LogP contribution in [0.3, 0.4) is 0 Å². The molecule has 0 N–H and O–H groups in total. The van der Waals surface area contributed by atoms with Gasteiger partial charge >= 0.3 is 23.9 Å². The maximum absolute atomic E-state index is 12.0. The highest BCUT2D eigenvalue weighted by Gasteiger charge is 2.52. The summed E-state index contributed by atoms with van der Waals surface area (Å²) >= 11 is 0. The van der Waals surface area contributed by atoms with Crippen molar-refractivity contribution in [3.8, 4) is 0 Å². The number of fused-ring (bicyclic) bond motifs is 3. The maximum Gasteiger partial charge on any atom is 0.311 e. The van der Waals surface area contributed by atoms with Crippen LogP contribution in [0, 0.1) is 11.3 Å². The van der Waals surface area contributed by atoms with Crippen LogP contribution in [0.4, 0.5) is 0 Å². The second-order valence-corrected chi connectivity index (χ2v) is 8.28. The van der Waals surface area contributed by atoms with Gasteiger partial charge in [0, 0.05) is 6.42 Å². The van der Waals surface area contributed by atoms with Gasteiger partial charge in [-0.25, -0.2) is 0 Å². The van der Waals surface area contributed by atoms with Gasteiger partial charge in [0.2, 0.25) is 0 Å². The molecule has 158 valence electrons. The second kappa shape index (κ2) is 8.92. The number of carbonyl (C=O) groups is 4. The lowest BCUT2D eigenvalue weighted by molar-refractivity contribution is -0.218. The SMILES string of the molecule is CCC(C)(C)C(=O)OCCOC(=O)CCC(=O)OC1CC2CCC1(C)OC2=O. The van der Waals surface area contributed by atoms with E-state index in [9.17, 15) is 19.2 Å². The minimum Gasteiger partial charge on any atom is -0.462 e. The molecule has 2 aliphatic heterocycles. The second-order valence-electron chi connectivity index (χ2n) is 8.28. The van der Waals surface area contributed by atoms with Gasteiger partial charge in [-0.05, 0) is 40.0 Å². The van der Waals surface area contributed by atoms with Crippen molar-refractivity contribution < 1.29 is 38.1 Å². The van der Waals surface area contributed by atoms with E-state index in [0.29, 0.717) is 19.3 Å². The van der Waals surface area contributed by atoms with E-state index in [1.807, 2.05) is 6.92 Å². The topological polar surface area (TPSA) is 105 Å². The van der Waals surface area contributed by atoms with E-state index in [1.54, 1.807) is 20.8 Å². The van der Waals surface area contributed by atoms with Crippen molar-refractivity contribution in [3.05, 3.63) is 0 Å². The van der Waals surface area contributed by atoms with E-state index in [2.05, 4.69) is 0 Å². The van der Waals surface area contributed by atoms with Crippen LogP contribution in [-0.2, 0) is 38.1 Å². The lowest BCUT2D eigenvalue weighted by Crippen LogP contribution is -2.57. The summed E-state index contributed by atoms with van der Waals surface area (Å²) in [6.45, 7) is 7.15. The van der Waals surface area contributed by atoms with Gasteiger partial charge in [-0.2, -0.15) is 0 Å². The third kappa shape index (κ3) is 5.45. The van der Waals surface area contributed by atoms with Gasteiger partial charge in [-0.15, -0.1) is 0 Å². The average Bonchev–Trinajstić information content (AvgIpc) is 2.64. The molecule has 28 heavy (non-hydrogen) atoms. The van der Waals surface area contributed by atoms with Crippen LogP contribution in [0.15, 0.2) is 0 Å². The van der Waals surface area contributed by atoms with Gasteiger partial charge in [-0.1, -0.05) is 6.92 Å². The maximum atomic E-state index is 12.0. The zero-order valence-electron chi connectivity index (χ0n) is 17.1. The molecule has 2 bridgehead atoms. The summed E-state index contributed by atoms with van der Waals surface area (Å²) in [5.41, 5.74) is -1.35. The van der Waals surface area contributed by atoms with E-state index in [0.717, 1.165) is 6.42 Å². The molecular weight excluding hydrogens is 368 g/mol. The lowest BCUT2D eigenvalue weighted by Gasteiger charge is -2.47. The minimum atomic E-state index is -0.780. The number of hydrogen-bond acceptors (Lipinski definition) is 8. The molecule has 0 aromatic carbocycles. The zero-order valence-corrected chi connectivity index (χ0v) is 17.1. The molecular formula is C20H30O8. The van der Waals surface area contributed by atoms with Crippen molar-refractivity contribution in [1.29, 1.82) is 0 Å². The minimum absolute atomic E-state index is 0.0222. The Labute approximate surface area is 165 Å². The molecule has 0 amide bonds. The first-order valence-electron chi connectivity index (χ1n) is 9.82. The van der Waals surface area contributed by atoms with E-state index in [1.165, 1.54) is 0 Å². The molecule has 0 spiro atoms. The Hall–Kier alpha value is -2.12. The first kappa shape index (κ1) is 22.2. The van der Waals surface area contributed by atoms with Gasteiger partial charge < -0.3 is 18.9 Å². The van der Waals surface area contributed by atoms with Crippen molar-refractivity contribution in [2.75, 3.05) is 13.2 Å². The van der Waals surface area contributed by atoms with Crippen LogP contribution < -0.4 is 0 Å². The first-order valence-corrected chi connectivity index (χ1v) is 9.82. The van der Waals surface area contributed by atoms with Gasteiger partial charge in [-0.3, -0.25) is 19.2 Å². The zero-order chi connectivity index (χ0) is 20.9. The Morgan fingerprint density at radius 1 is 1.14 bits per heavy atom. The summed E-state index contributed by atoms with van der Waals surface area (Å²) in [7, 11) is 0. The number of esters is 4. The van der Waals surface area contributed by atoms with Gasteiger partial charge in [0.05, 0.1) is 24.2 Å². The largest absolute Gasteiger partial charge is 0.462 e. The number of carbonyl (C=O) groups excluding carboxylic acids is 4. The Kier molecular flexibility index (Phi) is 7.06. The van der Waals surface area contributed by atoms with E-state index in [4.69, 9.17) is 18.9 Å². The fourth-order valence-electron chi connectivity index (χ4n) is 3.19. The summed E-state index contributed by atoms with van der Waals surface area (Å²) < 4.78 is 20.9. The van der Waals surface area contributed by atoms with Crippen LogP contribution in [0.25, 0.3) is 0 Å². The predicted molar refractivity (Wildman–Crippen MR) is 96.9 cm³/mol. The third-order valence-electron chi connectivity index (χ3n) is 5.66. The summed E-state index contributed by atoms with van der Waals surface area (Å²) in [5.74, 6) is -1.88. The average molecular weight is 398 g/mol. The van der Waals surface area contributed by atoms with Crippen LogP contribution in [0.2, 0.25) is 0 Å². The van der Waals surface area contributed by atoms with Crippen LogP contribution in [0.5, 0.6) is 0 Å². The first-order chi connectivity index (χ1) is 13.1. The molecule has 3 atom stereocenters. The Bertz CT molecular complexity index is 626. The molecule has 3 fully saturated rings. The van der Waals surface area contributed by atoms with Crippen molar-refractivity contribution in [2.24, 2.45) is 11.3 Å². The molecule has 2 heterocycles. The standard InChI is InChI=1S/C20H30O8/c1-5-19(2,3)18(24)26-11-10-25-15(21)6-7-16(22)27-14-12-13-8-9-20(14,4)28-17(13)23/h13-14H,5-12H2,1-4H3. The number of ether oxygens (including phenoxy) is 4. The fourth-order valence-corrected chi connectivity index (χ4v) is 3.19. The molecule has 2 saturated heterocycles. The fraction of sp³-hybridized carbons (Fsp3) is 0.800.